The standard InChI is InChI=1S/C20H30O2/c1-15(2)11-21-13-17(5)19-8-7-9-20(10-19)18(6)14-22-12-16(3)4/h7-10,13-16H,11-12H2,1-6H3. The molecule has 0 aliphatic carbocycles. The molecular formula is C20H30O2. The molecule has 0 saturated carbocycles. The predicted octanol–water partition coefficient (Wildman–Crippen LogP) is 5.75. The number of allylic oxidation sites excluding steroid dienone is 2. The summed E-state index contributed by atoms with van der Waals surface area (Å²) in [5.74, 6) is 1.08. The first-order valence-corrected chi connectivity index (χ1v) is 8.07. The van der Waals surface area contributed by atoms with E-state index >= 15 is 0 Å². The van der Waals surface area contributed by atoms with E-state index < -0.39 is 0 Å². The Morgan fingerprint density at radius 1 is 0.864 bits per heavy atom. The van der Waals surface area contributed by atoms with Crippen LogP contribution in [0.2, 0.25) is 0 Å². The first-order chi connectivity index (χ1) is 10.4. The van der Waals surface area contributed by atoms with Crippen molar-refractivity contribution in [1.82, 2.24) is 0 Å². The van der Waals surface area contributed by atoms with E-state index in [1.54, 1.807) is 0 Å². The first kappa shape index (κ1) is 18.3. The molecule has 0 aromatic heterocycles. The molecule has 0 atom stereocenters. The summed E-state index contributed by atoms with van der Waals surface area (Å²) in [4.78, 5) is 0. The predicted molar refractivity (Wildman–Crippen MR) is 95.3 cm³/mol. The zero-order valence-electron chi connectivity index (χ0n) is 14.8. The maximum atomic E-state index is 5.60. The van der Waals surface area contributed by atoms with E-state index in [2.05, 4.69) is 65.8 Å². The molecule has 0 heterocycles. The summed E-state index contributed by atoms with van der Waals surface area (Å²) >= 11 is 0. The van der Waals surface area contributed by atoms with Crippen LogP contribution in [0.1, 0.15) is 52.7 Å². The summed E-state index contributed by atoms with van der Waals surface area (Å²) in [7, 11) is 0. The van der Waals surface area contributed by atoms with Gasteiger partial charge < -0.3 is 9.47 Å². The van der Waals surface area contributed by atoms with Gasteiger partial charge in [0.2, 0.25) is 0 Å². The molecule has 1 aromatic carbocycles. The van der Waals surface area contributed by atoms with Crippen LogP contribution in [0.4, 0.5) is 0 Å². The Labute approximate surface area is 135 Å². The third kappa shape index (κ3) is 6.84. The van der Waals surface area contributed by atoms with Gasteiger partial charge in [0.05, 0.1) is 25.7 Å². The second kappa shape index (κ2) is 9.34. The van der Waals surface area contributed by atoms with Crippen LogP contribution in [0, 0.1) is 11.8 Å². The Balaban J connectivity index is 2.76. The summed E-state index contributed by atoms with van der Waals surface area (Å²) in [6.45, 7) is 14.2. The first-order valence-electron chi connectivity index (χ1n) is 8.07. The van der Waals surface area contributed by atoms with Crippen LogP contribution in [0.5, 0.6) is 0 Å². The highest BCUT2D eigenvalue weighted by molar-refractivity contribution is 5.70. The van der Waals surface area contributed by atoms with E-state index in [9.17, 15) is 0 Å². The van der Waals surface area contributed by atoms with Gasteiger partial charge in [-0.25, -0.2) is 0 Å². The summed E-state index contributed by atoms with van der Waals surface area (Å²) in [6, 6.07) is 8.46. The van der Waals surface area contributed by atoms with Gasteiger partial charge in [0.25, 0.3) is 0 Å². The monoisotopic (exact) mass is 302 g/mol. The van der Waals surface area contributed by atoms with Gasteiger partial charge in [0, 0.05) is 0 Å². The second-order valence-corrected chi connectivity index (χ2v) is 6.64. The third-order valence-corrected chi connectivity index (χ3v) is 3.15. The molecule has 0 radical (unpaired) electrons. The molecule has 1 aromatic rings. The summed E-state index contributed by atoms with van der Waals surface area (Å²) in [5, 5.41) is 0. The summed E-state index contributed by atoms with van der Waals surface area (Å²) in [5.41, 5.74) is 4.63. The van der Waals surface area contributed by atoms with E-state index in [1.165, 1.54) is 11.1 Å². The average molecular weight is 302 g/mol. The highest BCUT2D eigenvalue weighted by Gasteiger charge is 2.02. The molecule has 2 heteroatoms. The van der Waals surface area contributed by atoms with Crippen LogP contribution in [-0.4, -0.2) is 13.2 Å². The molecule has 0 spiro atoms. The SMILES string of the molecule is CC(=COCC(C)C)c1cccc(C(C)=COCC(C)C)c1. The Kier molecular flexibility index (Phi) is 7.79. The van der Waals surface area contributed by atoms with Crippen molar-refractivity contribution in [2.24, 2.45) is 11.8 Å². The average Bonchev–Trinajstić information content (AvgIpc) is 2.46. The molecule has 0 fully saturated rings. The highest BCUT2D eigenvalue weighted by Crippen LogP contribution is 2.20. The zero-order chi connectivity index (χ0) is 16.5. The van der Waals surface area contributed by atoms with Gasteiger partial charge in [-0.2, -0.15) is 0 Å². The quantitative estimate of drug-likeness (QED) is 0.569. The molecule has 0 N–H and O–H groups in total. The Morgan fingerprint density at radius 2 is 1.27 bits per heavy atom. The van der Waals surface area contributed by atoms with Crippen molar-refractivity contribution in [3.8, 4) is 0 Å². The van der Waals surface area contributed by atoms with Crippen molar-refractivity contribution >= 4 is 11.1 Å². The fourth-order valence-electron chi connectivity index (χ4n) is 1.88. The Hall–Kier alpha value is -1.70. The minimum atomic E-state index is 0.540. The molecule has 122 valence electrons. The number of benzene rings is 1. The third-order valence-electron chi connectivity index (χ3n) is 3.15. The van der Waals surface area contributed by atoms with Crippen molar-refractivity contribution < 1.29 is 9.47 Å². The van der Waals surface area contributed by atoms with Crippen molar-refractivity contribution in [1.29, 1.82) is 0 Å². The lowest BCUT2D eigenvalue weighted by atomic mass is 10.0. The summed E-state index contributed by atoms with van der Waals surface area (Å²) < 4.78 is 11.2. The molecule has 0 unspecified atom stereocenters. The van der Waals surface area contributed by atoms with Gasteiger partial charge >= 0.3 is 0 Å². The minimum Gasteiger partial charge on any atom is -0.501 e. The van der Waals surface area contributed by atoms with Crippen LogP contribution in [0.25, 0.3) is 11.1 Å². The normalized spacial score (nSPS) is 12.9. The van der Waals surface area contributed by atoms with Gasteiger partial charge in [-0.3, -0.25) is 0 Å². The van der Waals surface area contributed by atoms with Crippen molar-refractivity contribution in [2.75, 3.05) is 13.2 Å². The molecular weight excluding hydrogens is 272 g/mol. The molecule has 0 bridgehead atoms. The van der Waals surface area contributed by atoms with Crippen molar-refractivity contribution in [2.45, 2.75) is 41.5 Å². The fraction of sp³-hybridized carbons (Fsp3) is 0.500. The summed E-state index contributed by atoms with van der Waals surface area (Å²) in [6.07, 6.45) is 3.71. The Morgan fingerprint density at radius 3 is 1.64 bits per heavy atom. The number of ether oxygens (including phenoxy) is 2. The van der Waals surface area contributed by atoms with Gasteiger partial charge in [-0.1, -0.05) is 45.9 Å². The van der Waals surface area contributed by atoms with Crippen LogP contribution in [0.15, 0.2) is 36.8 Å². The molecule has 0 aliphatic heterocycles. The maximum absolute atomic E-state index is 5.60. The lowest BCUT2D eigenvalue weighted by Crippen LogP contribution is -1.97. The van der Waals surface area contributed by atoms with Crippen molar-refractivity contribution in [3.05, 3.63) is 47.9 Å². The molecule has 0 saturated heterocycles. The van der Waals surface area contributed by atoms with Crippen molar-refractivity contribution in [3.63, 3.8) is 0 Å². The number of hydrogen-bond acceptors (Lipinski definition) is 2. The highest BCUT2D eigenvalue weighted by atomic mass is 16.5. The van der Waals surface area contributed by atoms with Crippen LogP contribution in [-0.2, 0) is 9.47 Å². The van der Waals surface area contributed by atoms with Gasteiger partial charge in [-0.15, -0.1) is 0 Å². The fourth-order valence-corrected chi connectivity index (χ4v) is 1.88. The largest absolute Gasteiger partial charge is 0.501 e. The minimum absolute atomic E-state index is 0.540. The Bertz CT molecular complexity index is 467. The second-order valence-electron chi connectivity index (χ2n) is 6.64. The maximum Gasteiger partial charge on any atom is 0.0896 e. The smallest absolute Gasteiger partial charge is 0.0896 e. The van der Waals surface area contributed by atoms with E-state index in [0.29, 0.717) is 11.8 Å². The zero-order valence-corrected chi connectivity index (χ0v) is 14.8. The van der Waals surface area contributed by atoms with Crippen LogP contribution < -0.4 is 0 Å². The molecule has 0 aliphatic rings. The lowest BCUT2D eigenvalue weighted by Gasteiger charge is -2.09. The molecule has 22 heavy (non-hydrogen) atoms. The number of hydrogen-bond donors (Lipinski definition) is 0. The number of rotatable bonds is 8. The van der Waals surface area contributed by atoms with E-state index in [1.807, 2.05) is 12.5 Å². The van der Waals surface area contributed by atoms with Gasteiger partial charge in [0.15, 0.2) is 0 Å². The lowest BCUT2D eigenvalue weighted by molar-refractivity contribution is 0.212. The van der Waals surface area contributed by atoms with E-state index in [-0.39, 0.29) is 0 Å². The van der Waals surface area contributed by atoms with E-state index in [0.717, 1.165) is 24.4 Å². The molecule has 1 rings (SSSR count). The molecule has 0 amide bonds. The molecule has 2 nitrogen and oxygen atoms in total. The van der Waals surface area contributed by atoms with Crippen LogP contribution in [0.3, 0.4) is 0 Å². The topological polar surface area (TPSA) is 18.5 Å². The van der Waals surface area contributed by atoms with E-state index in [4.69, 9.17) is 9.47 Å². The van der Waals surface area contributed by atoms with Gasteiger partial charge in [0.1, 0.15) is 0 Å². The van der Waals surface area contributed by atoms with Crippen LogP contribution >= 0.6 is 0 Å². The van der Waals surface area contributed by atoms with Gasteiger partial charge in [-0.05, 0) is 54.0 Å².